The van der Waals surface area contributed by atoms with Crippen LogP contribution in [0.25, 0.3) is 0 Å². The molecule has 0 N–H and O–H groups in total. The van der Waals surface area contributed by atoms with Crippen LogP contribution in [-0.2, 0) is 14.0 Å². The zero-order valence-electron chi connectivity index (χ0n) is 7.44. The van der Waals surface area contributed by atoms with E-state index in [4.69, 9.17) is 10.7 Å². The standard InChI is InChI=1S/C7H8Br2ClNO3S/c8-4-1-3-6(2-5(4)9)11(7(3)12)15(10,13)14/h3-6H,1-2H2/t3-,4+,5-,6+/m1/s1. The number of carbonyl (C=O) groups is 1. The molecule has 1 heterocycles. The maximum atomic E-state index is 11.5. The quantitative estimate of drug-likeness (QED) is 0.394. The van der Waals surface area contributed by atoms with Gasteiger partial charge in [0.05, 0.1) is 12.0 Å². The lowest BCUT2D eigenvalue weighted by Gasteiger charge is -2.49. The number of halogens is 3. The number of amides is 1. The van der Waals surface area contributed by atoms with Crippen LogP contribution in [0.1, 0.15) is 12.8 Å². The Balaban J connectivity index is 2.20. The molecule has 0 spiro atoms. The second-order valence-electron chi connectivity index (χ2n) is 3.75. The molecule has 15 heavy (non-hydrogen) atoms. The van der Waals surface area contributed by atoms with E-state index < -0.39 is 9.24 Å². The van der Waals surface area contributed by atoms with Gasteiger partial charge < -0.3 is 0 Å². The van der Waals surface area contributed by atoms with Gasteiger partial charge in [-0.3, -0.25) is 4.79 Å². The molecular formula is C7H8Br2ClNO3S. The van der Waals surface area contributed by atoms with Gasteiger partial charge in [0.15, 0.2) is 0 Å². The first-order chi connectivity index (χ1) is 6.82. The number of carbonyl (C=O) groups excluding carboxylic acids is 1. The van der Waals surface area contributed by atoms with Crippen LogP contribution in [0.3, 0.4) is 0 Å². The first-order valence-corrected chi connectivity index (χ1v) is 8.48. The lowest BCUT2D eigenvalue weighted by molar-refractivity contribution is -0.148. The third-order valence-corrected chi connectivity index (χ3v) is 6.97. The summed E-state index contributed by atoms with van der Waals surface area (Å²) >= 11 is 6.90. The molecule has 4 atom stereocenters. The largest absolute Gasteiger partial charge is 0.324 e. The highest BCUT2D eigenvalue weighted by molar-refractivity contribution is 9.12. The van der Waals surface area contributed by atoms with Gasteiger partial charge in [0.2, 0.25) is 5.91 Å². The Labute approximate surface area is 109 Å². The average molecular weight is 381 g/mol. The minimum absolute atomic E-state index is 0.174. The van der Waals surface area contributed by atoms with Crippen LogP contribution < -0.4 is 0 Å². The molecule has 0 bridgehead atoms. The fourth-order valence-electron chi connectivity index (χ4n) is 2.13. The van der Waals surface area contributed by atoms with E-state index in [1.165, 1.54) is 0 Å². The molecule has 0 unspecified atom stereocenters. The van der Waals surface area contributed by atoms with E-state index in [0.29, 0.717) is 12.8 Å². The predicted octanol–water partition coefficient (Wildman–Crippen LogP) is 1.62. The molecule has 8 heteroatoms. The van der Waals surface area contributed by atoms with Gasteiger partial charge in [0.25, 0.3) is 0 Å². The van der Waals surface area contributed by atoms with Gasteiger partial charge in [-0.25, -0.2) is 4.31 Å². The molecule has 4 nitrogen and oxygen atoms in total. The molecule has 2 rings (SSSR count). The average Bonchev–Trinajstić information content (AvgIpc) is 2.08. The van der Waals surface area contributed by atoms with E-state index in [1.54, 1.807) is 0 Å². The molecule has 1 aliphatic carbocycles. The molecular weight excluding hydrogens is 373 g/mol. The first-order valence-electron chi connectivity index (χ1n) is 4.38. The van der Waals surface area contributed by atoms with Crippen molar-refractivity contribution >= 4 is 57.7 Å². The van der Waals surface area contributed by atoms with Crippen molar-refractivity contribution in [2.45, 2.75) is 28.5 Å². The summed E-state index contributed by atoms with van der Waals surface area (Å²) in [4.78, 5) is 11.9. The number of β-lactam (4-membered cyclic amide) rings is 1. The zero-order chi connectivity index (χ0) is 11.4. The van der Waals surface area contributed by atoms with Gasteiger partial charge in [-0.2, -0.15) is 8.42 Å². The molecule has 1 aliphatic heterocycles. The SMILES string of the molecule is O=C1[C@@H]2C[C@H](Br)[C@H](Br)C[C@@H]2N1S(=O)(=O)Cl. The van der Waals surface area contributed by atoms with Gasteiger partial charge in [-0.1, -0.05) is 31.9 Å². The monoisotopic (exact) mass is 379 g/mol. The lowest BCUT2D eigenvalue weighted by atomic mass is 9.78. The molecule has 1 saturated carbocycles. The Kier molecular flexibility index (Phi) is 3.12. The summed E-state index contributed by atoms with van der Waals surface area (Å²) in [6.07, 6.45) is 1.26. The molecule has 1 amide bonds. The maximum absolute atomic E-state index is 11.5. The summed E-state index contributed by atoms with van der Waals surface area (Å²) in [5.74, 6) is -0.574. The van der Waals surface area contributed by atoms with Gasteiger partial charge in [-0.15, -0.1) is 0 Å². The zero-order valence-corrected chi connectivity index (χ0v) is 12.2. The summed E-state index contributed by atoms with van der Waals surface area (Å²) in [6.45, 7) is 0. The summed E-state index contributed by atoms with van der Waals surface area (Å²) in [6, 6.07) is -0.266. The van der Waals surface area contributed by atoms with Crippen molar-refractivity contribution in [1.82, 2.24) is 4.31 Å². The van der Waals surface area contributed by atoms with Gasteiger partial charge in [0, 0.05) is 20.3 Å². The number of rotatable bonds is 1. The normalized spacial score (nSPS) is 41.0. The van der Waals surface area contributed by atoms with E-state index in [2.05, 4.69) is 31.9 Å². The van der Waals surface area contributed by atoms with E-state index in [9.17, 15) is 13.2 Å². The summed E-state index contributed by atoms with van der Waals surface area (Å²) in [5, 5.41) is 0. The third kappa shape index (κ3) is 1.96. The van der Waals surface area contributed by atoms with Crippen LogP contribution in [0.5, 0.6) is 0 Å². The van der Waals surface area contributed by atoms with Gasteiger partial charge in [-0.05, 0) is 12.8 Å². The van der Waals surface area contributed by atoms with Crippen LogP contribution in [0, 0.1) is 5.92 Å². The number of alkyl halides is 2. The molecule has 2 fully saturated rings. The molecule has 2 aliphatic rings. The van der Waals surface area contributed by atoms with Crippen LogP contribution in [0.15, 0.2) is 0 Å². The molecule has 0 aromatic carbocycles. The maximum Gasteiger partial charge on any atom is 0.324 e. The first kappa shape index (κ1) is 12.1. The minimum atomic E-state index is -3.91. The molecule has 0 aromatic heterocycles. The van der Waals surface area contributed by atoms with E-state index in [1.807, 2.05) is 0 Å². The highest BCUT2D eigenvalue weighted by Gasteiger charge is 2.56. The van der Waals surface area contributed by atoms with Crippen LogP contribution in [-0.4, -0.2) is 34.3 Å². The number of hydrogen-bond acceptors (Lipinski definition) is 3. The van der Waals surface area contributed by atoms with Gasteiger partial charge in [0.1, 0.15) is 0 Å². The highest BCUT2D eigenvalue weighted by Crippen LogP contribution is 2.45. The molecule has 86 valence electrons. The smallest absolute Gasteiger partial charge is 0.273 e. The lowest BCUT2D eigenvalue weighted by Crippen LogP contribution is -2.65. The summed E-state index contributed by atoms with van der Waals surface area (Å²) in [5.41, 5.74) is 0. The summed E-state index contributed by atoms with van der Waals surface area (Å²) in [7, 11) is 1.28. The Morgan fingerprint density at radius 1 is 1.27 bits per heavy atom. The Hall–Kier alpha value is 0.670. The van der Waals surface area contributed by atoms with Crippen molar-refractivity contribution in [2.24, 2.45) is 5.92 Å². The molecule has 0 aromatic rings. The van der Waals surface area contributed by atoms with Crippen molar-refractivity contribution < 1.29 is 13.2 Å². The number of nitrogens with zero attached hydrogens (tertiary/aromatic N) is 1. The highest BCUT2D eigenvalue weighted by atomic mass is 79.9. The predicted molar refractivity (Wildman–Crippen MR) is 63.6 cm³/mol. The fourth-order valence-corrected chi connectivity index (χ4v) is 4.76. The van der Waals surface area contributed by atoms with Crippen molar-refractivity contribution in [3.8, 4) is 0 Å². The van der Waals surface area contributed by atoms with E-state index in [0.717, 1.165) is 4.31 Å². The Morgan fingerprint density at radius 3 is 2.33 bits per heavy atom. The van der Waals surface area contributed by atoms with E-state index >= 15 is 0 Å². The topological polar surface area (TPSA) is 54.5 Å². The van der Waals surface area contributed by atoms with Gasteiger partial charge >= 0.3 is 9.24 Å². The summed E-state index contributed by atoms with van der Waals surface area (Å²) < 4.78 is 23.0. The third-order valence-electron chi connectivity index (χ3n) is 2.87. The number of fused-ring (bicyclic) bond motifs is 1. The molecule has 0 radical (unpaired) electrons. The molecule has 1 saturated heterocycles. The fraction of sp³-hybridized carbons (Fsp3) is 0.857. The van der Waals surface area contributed by atoms with Crippen LogP contribution in [0.2, 0.25) is 0 Å². The Morgan fingerprint density at radius 2 is 1.80 bits per heavy atom. The van der Waals surface area contributed by atoms with Crippen molar-refractivity contribution in [2.75, 3.05) is 0 Å². The van der Waals surface area contributed by atoms with E-state index in [-0.39, 0.29) is 27.5 Å². The van der Waals surface area contributed by atoms with Crippen LogP contribution >= 0.6 is 42.5 Å². The second kappa shape index (κ2) is 3.85. The van der Waals surface area contributed by atoms with Crippen molar-refractivity contribution in [3.63, 3.8) is 0 Å². The number of hydrogen-bond donors (Lipinski definition) is 0. The van der Waals surface area contributed by atoms with Crippen LogP contribution in [0.4, 0.5) is 0 Å². The minimum Gasteiger partial charge on any atom is -0.273 e. The van der Waals surface area contributed by atoms with Crippen molar-refractivity contribution in [3.05, 3.63) is 0 Å². The second-order valence-corrected chi connectivity index (χ2v) is 8.49. The Bertz CT molecular complexity index is 401. The van der Waals surface area contributed by atoms with Crippen molar-refractivity contribution in [1.29, 1.82) is 0 Å².